The molecular weight excluding hydrogens is 1230 g/mol. The predicted octanol–water partition coefficient (Wildman–Crippen LogP) is 1.59. The van der Waals surface area contributed by atoms with Gasteiger partial charge in [0.15, 0.2) is 0 Å². The molecule has 534 valence electrons. The largest absolute Gasteiger partial charge is 0.481 e. The van der Waals surface area contributed by atoms with Gasteiger partial charge in [-0.1, -0.05) is 85.2 Å². The summed E-state index contributed by atoms with van der Waals surface area (Å²) in [7, 11) is 7.39. The molecular formula is C67H108N10O18. The van der Waals surface area contributed by atoms with E-state index in [0.29, 0.717) is 25.8 Å². The zero-order valence-electron chi connectivity index (χ0n) is 58.1. The number of hydrogen-bond acceptors (Lipinski definition) is 17. The summed E-state index contributed by atoms with van der Waals surface area (Å²) < 4.78 is 28.0. The van der Waals surface area contributed by atoms with Gasteiger partial charge in [0.05, 0.1) is 76.6 Å². The average Bonchev–Trinajstić information content (AvgIpc) is 1.81. The number of carboxylic acid groups (broad SMARTS) is 1. The molecule has 0 saturated carbocycles. The molecule has 28 nitrogen and oxygen atoms in total. The van der Waals surface area contributed by atoms with E-state index in [1.165, 1.54) is 45.1 Å². The van der Waals surface area contributed by atoms with Crippen LogP contribution in [0.2, 0.25) is 0 Å². The molecule has 0 bridgehead atoms. The molecule has 0 radical (unpaired) electrons. The lowest BCUT2D eigenvalue weighted by Crippen LogP contribution is -2.60. The van der Waals surface area contributed by atoms with Crippen molar-refractivity contribution in [3.63, 3.8) is 0 Å². The fourth-order valence-corrected chi connectivity index (χ4v) is 11.3. The molecule has 1 heterocycles. The molecule has 10 amide bonds. The zero-order chi connectivity index (χ0) is 71.3. The van der Waals surface area contributed by atoms with Crippen molar-refractivity contribution in [2.75, 3.05) is 101 Å². The van der Waals surface area contributed by atoms with E-state index >= 15 is 0 Å². The van der Waals surface area contributed by atoms with Crippen LogP contribution < -0.4 is 31.9 Å². The van der Waals surface area contributed by atoms with Gasteiger partial charge in [-0.15, -0.1) is 6.42 Å². The minimum Gasteiger partial charge on any atom is -0.481 e. The van der Waals surface area contributed by atoms with Crippen molar-refractivity contribution in [3.8, 4) is 12.3 Å². The highest BCUT2D eigenvalue weighted by Crippen LogP contribution is 2.30. The number of likely N-dealkylation sites (tertiary alicyclic amines) is 1. The normalized spacial score (nSPS) is 15.6. The van der Waals surface area contributed by atoms with Gasteiger partial charge in [0.1, 0.15) is 24.2 Å². The van der Waals surface area contributed by atoms with Crippen molar-refractivity contribution >= 4 is 71.0 Å². The Morgan fingerprint density at radius 1 is 0.684 bits per heavy atom. The monoisotopic (exact) mass is 1340 g/mol. The highest BCUT2D eigenvalue weighted by atomic mass is 16.5. The van der Waals surface area contributed by atoms with Gasteiger partial charge in [-0.05, 0) is 61.8 Å². The van der Waals surface area contributed by atoms with E-state index in [1.54, 1.807) is 51.5 Å². The summed E-state index contributed by atoms with van der Waals surface area (Å²) in [5, 5.41) is 25.3. The molecule has 1 aliphatic rings. The van der Waals surface area contributed by atoms with Gasteiger partial charge in [0, 0.05) is 99.7 Å². The Morgan fingerprint density at radius 3 is 1.91 bits per heavy atom. The molecule has 1 aromatic rings. The van der Waals surface area contributed by atoms with Gasteiger partial charge in [0.25, 0.3) is 5.91 Å². The van der Waals surface area contributed by atoms with Gasteiger partial charge in [-0.3, -0.25) is 52.7 Å². The maximum atomic E-state index is 14.7. The number of carbonyl (C=O) groups excluding carboxylic acids is 11. The number of carbonyl (C=O) groups is 12. The number of nitrogens with one attached hydrogen (secondary N) is 6. The van der Waals surface area contributed by atoms with Crippen molar-refractivity contribution in [3.05, 3.63) is 35.9 Å². The van der Waals surface area contributed by atoms with Crippen LogP contribution in [-0.4, -0.2) is 245 Å². The van der Waals surface area contributed by atoms with Crippen molar-refractivity contribution in [2.45, 2.75) is 181 Å². The van der Waals surface area contributed by atoms with Crippen LogP contribution >= 0.6 is 0 Å². The summed E-state index contributed by atoms with van der Waals surface area (Å²) in [6.45, 7) is 15.6. The molecule has 0 aliphatic carbocycles. The molecule has 1 aromatic carbocycles. The lowest BCUT2D eigenvalue weighted by molar-refractivity contribution is -0.149. The van der Waals surface area contributed by atoms with Crippen molar-refractivity contribution < 1.29 is 86.3 Å². The third kappa shape index (κ3) is 29.4. The van der Waals surface area contributed by atoms with Gasteiger partial charge < -0.3 is 80.3 Å². The Hall–Kier alpha value is -7.74. The number of likely N-dealkylation sites (N-methyl/N-ethyl adjacent to an activating group) is 2. The number of methoxy groups -OCH3 is 3. The number of terminal acetylenes is 1. The molecule has 1 aliphatic heterocycles. The second-order valence-electron chi connectivity index (χ2n) is 24.6. The molecule has 1 fully saturated rings. The van der Waals surface area contributed by atoms with Gasteiger partial charge in [-0.2, -0.15) is 0 Å². The first-order chi connectivity index (χ1) is 45.1. The fourth-order valence-electron chi connectivity index (χ4n) is 11.3. The van der Waals surface area contributed by atoms with E-state index in [0.717, 1.165) is 5.56 Å². The number of hydrogen-bond donors (Lipinski definition) is 7. The molecule has 7 N–H and O–H groups in total. The highest BCUT2D eigenvalue weighted by molar-refractivity contribution is 5.94. The predicted molar refractivity (Wildman–Crippen MR) is 352 cm³/mol. The molecule has 1 saturated heterocycles. The highest BCUT2D eigenvalue weighted by Gasteiger charge is 2.44. The number of carboxylic acids is 1. The number of amides is 10. The second kappa shape index (κ2) is 44.8. The van der Waals surface area contributed by atoms with Crippen LogP contribution in [0.5, 0.6) is 0 Å². The van der Waals surface area contributed by atoms with Crippen LogP contribution in [0, 0.1) is 36.0 Å². The van der Waals surface area contributed by atoms with Gasteiger partial charge in [0.2, 0.25) is 53.2 Å². The smallest absolute Gasteiger partial charge is 0.328 e. The molecule has 2 rings (SSSR count). The van der Waals surface area contributed by atoms with E-state index < -0.39 is 108 Å². The Morgan fingerprint density at radius 2 is 1.32 bits per heavy atom. The van der Waals surface area contributed by atoms with E-state index in [9.17, 15) is 57.5 Å². The number of rotatable bonds is 46. The fraction of sp³-hybridized carbons (Fsp3) is 0.701. The number of aliphatic carboxylic acids is 1. The molecule has 28 heteroatoms. The molecule has 2 unspecified atom stereocenters. The molecule has 95 heavy (non-hydrogen) atoms. The summed E-state index contributed by atoms with van der Waals surface area (Å²) in [6, 6.07) is 4.27. The Bertz CT molecular complexity index is 2680. The first-order valence-corrected chi connectivity index (χ1v) is 32.9. The molecule has 0 aromatic heterocycles. The Labute approximate surface area is 560 Å². The maximum Gasteiger partial charge on any atom is 0.328 e. The van der Waals surface area contributed by atoms with E-state index in [1.807, 2.05) is 50.1 Å². The van der Waals surface area contributed by atoms with Gasteiger partial charge >= 0.3 is 11.9 Å². The average molecular weight is 1340 g/mol. The van der Waals surface area contributed by atoms with Crippen LogP contribution in [0.4, 0.5) is 0 Å². The minimum absolute atomic E-state index is 0.000117. The second-order valence-corrected chi connectivity index (χ2v) is 24.6. The first kappa shape index (κ1) is 83.4. The Balaban J connectivity index is 1.90. The third-order valence-corrected chi connectivity index (χ3v) is 16.9. The summed E-state index contributed by atoms with van der Waals surface area (Å²) in [4.78, 5) is 163. The number of benzene rings is 1. The summed E-state index contributed by atoms with van der Waals surface area (Å²) in [5.74, 6) is -5.79. The maximum absolute atomic E-state index is 14.7. The Kier molecular flexibility index (Phi) is 39.3. The van der Waals surface area contributed by atoms with Crippen molar-refractivity contribution in [2.24, 2.45) is 23.7 Å². The van der Waals surface area contributed by atoms with Crippen LogP contribution in [-0.2, 0) is 87.6 Å². The number of esters is 1. The lowest BCUT2D eigenvalue weighted by atomic mass is 9.89. The summed E-state index contributed by atoms with van der Waals surface area (Å²) in [6.07, 6.45) is 5.51. The SMILES string of the molecule is C#CC(=O)NCCCC(=O)N(CCC(=O)O)CCC(=O)NCCOCCOCCC(=O)NC(C)C(=O)NCCCC(=O)N(C)C(C(=O)N[C@H](C(=O)N(C)[C@@H]([C@@H](C)CC)[C@@H](CC(=O)N1CCC[C@H]1[C@H](OC)[C@@H](C)C(=O)N[C@@H](Cc1ccccc1)C(=O)OC)OC)C(C)C)C(C)C. The molecule has 0 spiro atoms. The number of ether oxygens (including phenoxy) is 5. The van der Waals surface area contributed by atoms with Crippen molar-refractivity contribution in [1.29, 1.82) is 0 Å². The van der Waals surface area contributed by atoms with E-state index in [-0.39, 0.29) is 152 Å². The van der Waals surface area contributed by atoms with Crippen LogP contribution in [0.15, 0.2) is 30.3 Å². The van der Waals surface area contributed by atoms with Crippen molar-refractivity contribution in [1.82, 2.24) is 51.5 Å². The van der Waals surface area contributed by atoms with E-state index in [2.05, 4.69) is 31.9 Å². The minimum atomic E-state index is -1.10. The van der Waals surface area contributed by atoms with Gasteiger partial charge in [-0.25, -0.2) is 4.79 Å². The lowest BCUT2D eigenvalue weighted by Gasteiger charge is -2.41. The first-order valence-electron chi connectivity index (χ1n) is 32.9. The summed E-state index contributed by atoms with van der Waals surface area (Å²) in [5.41, 5.74) is 0.834. The zero-order valence-corrected chi connectivity index (χ0v) is 58.1. The standard InChI is InChI=1S/C67H108N10O18/c1-15-45(7)61(51(91-12)42-57(83)77-34-22-25-50(77)62(92-13)46(8)63(86)72-49(67(90)93-14)41-48-23-18-17-19-24-48)75(11)66(89)59(43(3)4)73-65(88)60(44(5)6)74(10)55(81)26-20-32-70-64(87)47(9)71-54(80)30-37-94-39-40-95-38-33-69-53(79)28-35-76(36-29-58(84)85)56(82)27-21-31-68-52(78)16-2/h2,17-19,23-24,43-47,49-51,59-62H,15,20-22,25-42H2,1,3-14H3,(H,68,78)(H,69,79)(H,70,87)(H,71,80)(H,72,86)(H,73,88)(H,84,85)/t45-,46+,47?,49-,50-,51+,59-,60?,61-,62+/m0/s1. The van der Waals surface area contributed by atoms with E-state index in [4.69, 9.17) is 35.2 Å². The quantitative estimate of drug-likeness (QED) is 0.0277. The number of nitrogens with zero attached hydrogens (tertiary/aromatic N) is 4. The van der Waals surface area contributed by atoms with Crippen LogP contribution in [0.3, 0.4) is 0 Å². The van der Waals surface area contributed by atoms with Crippen LogP contribution in [0.1, 0.15) is 132 Å². The topological polar surface area (TPSA) is 356 Å². The van der Waals surface area contributed by atoms with Crippen LogP contribution in [0.25, 0.3) is 0 Å². The molecule has 10 atom stereocenters. The summed E-state index contributed by atoms with van der Waals surface area (Å²) >= 11 is 0. The third-order valence-electron chi connectivity index (χ3n) is 16.9.